The van der Waals surface area contributed by atoms with Crippen LogP contribution in [0.3, 0.4) is 0 Å². The minimum absolute atomic E-state index is 0.0813. The minimum Gasteiger partial charge on any atom is -0.445 e. The monoisotopic (exact) mass is 326 g/mol. The van der Waals surface area contributed by atoms with E-state index in [4.69, 9.17) is 16.3 Å². The molecule has 1 fully saturated rings. The number of hydrogen-bond donors (Lipinski definition) is 0. The SMILES string of the molecule is C=CCOC(=O)N1CCN(C(=O)c2c(F)cccc2Cl)CC1. The van der Waals surface area contributed by atoms with E-state index >= 15 is 0 Å². The van der Waals surface area contributed by atoms with Gasteiger partial charge in [-0.05, 0) is 12.1 Å². The number of benzene rings is 1. The first-order valence-corrected chi connectivity index (χ1v) is 7.18. The first-order valence-electron chi connectivity index (χ1n) is 6.80. The molecule has 118 valence electrons. The maximum atomic E-state index is 13.8. The molecule has 0 saturated carbocycles. The predicted octanol–water partition coefficient (Wildman–Crippen LogP) is 2.56. The highest BCUT2D eigenvalue weighted by molar-refractivity contribution is 6.33. The Morgan fingerprint density at radius 1 is 1.27 bits per heavy atom. The van der Waals surface area contributed by atoms with Gasteiger partial charge in [0, 0.05) is 26.2 Å². The van der Waals surface area contributed by atoms with E-state index in [1.54, 1.807) is 0 Å². The van der Waals surface area contributed by atoms with E-state index in [0.29, 0.717) is 26.2 Å². The average Bonchev–Trinajstić information content (AvgIpc) is 2.52. The number of piperazine rings is 1. The van der Waals surface area contributed by atoms with Crippen molar-refractivity contribution in [1.82, 2.24) is 9.80 Å². The highest BCUT2D eigenvalue weighted by Gasteiger charge is 2.28. The van der Waals surface area contributed by atoms with E-state index in [9.17, 15) is 14.0 Å². The van der Waals surface area contributed by atoms with Crippen molar-refractivity contribution in [1.29, 1.82) is 0 Å². The van der Waals surface area contributed by atoms with E-state index in [-0.39, 0.29) is 17.2 Å². The number of amides is 2. The number of carbonyl (C=O) groups is 2. The number of carbonyl (C=O) groups excluding carboxylic acids is 2. The van der Waals surface area contributed by atoms with Crippen LogP contribution in [0.1, 0.15) is 10.4 Å². The Balaban J connectivity index is 1.98. The van der Waals surface area contributed by atoms with E-state index in [2.05, 4.69) is 6.58 Å². The molecule has 0 unspecified atom stereocenters. The number of ether oxygens (including phenoxy) is 1. The molecule has 2 rings (SSSR count). The van der Waals surface area contributed by atoms with Gasteiger partial charge >= 0.3 is 6.09 Å². The molecule has 0 spiro atoms. The minimum atomic E-state index is -0.648. The predicted molar refractivity (Wildman–Crippen MR) is 80.4 cm³/mol. The molecule has 0 aliphatic carbocycles. The van der Waals surface area contributed by atoms with Crippen LogP contribution in [0.4, 0.5) is 9.18 Å². The molecule has 0 radical (unpaired) electrons. The zero-order valence-corrected chi connectivity index (χ0v) is 12.7. The van der Waals surface area contributed by atoms with Crippen LogP contribution in [0.2, 0.25) is 5.02 Å². The van der Waals surface area contributed by atoms with Crippen molar-refractivity contribution in [2.75, 3.05) is 32.8 Å². The number of halogens is 2. The van der Waals surface area contributed by atoms with Crippen LogP contribution in [-0.4, -0.2) is 54.6 Å². The molecule has 1 aromatic rings. The second kappa shape index (κ2) is 7.26. The lowest BCUT2D eigenvalue weighted by Gasteiger charge is -2.34. The fourth-order valence-corrected chi connectivity index (χ4v) is 2.42. The molecular weight excluding hydrogens is 311 g/mol. The average molecular weight is 327 g/mol. The Morgan fingerprint density at radius 2 is 1.91 bits per heavy atom. The molecule has 0 aromatic heterocycles. The summed E-state index contributed by atoms with van der Waals surface area (Å²) in [6, 6.07) is 4.12. The first kappa shape index (κ1) is 16.3. The third-order valence-corrected chi connectivity index (χ3v) is 3.64. The van der Waals surface area contributed by atoms with E-state index in [1.165, 1.54) is 34.1 Å². The standard InChI is InChI=1S/C15H16ClFN2O3/c1-2-10-22-15(21)19-8-6-18(7-9-19)14(20)13-11(16)4-3-5-12(13)17/h2-5H,1,6-10H2. The van der Waals surface area contributed by atoms with Gasteiger partial charge in [-0.15, -0.1) is 0 Å². The zero-order valence-electron chi connectivity index (χ0n) is 11.9. The van der Waals surface area contributed by atoms with Crippen molar-refractivity contribution in [3.05, 3.63) is 47.3 Å². The maximum absolute atomic E-state index is 13.8. The summed E-state index contributed by atoms with van der Waals surface area (Å²) in [4.78, 5) is 27.0. The Bertz CT molecular complexity index is 566. The Labute approximate surface area is 132 Å². The van der Waals surface area contributed by atoms with Gasteiger partial charge in [0.25, 0.3) is 5.91 Å². The topological polar surface area (TPSA) is 49.9 Å². The molecule has 22 heavy (non-hydrogen) atoms. The summed E-state index contributed by atoms with van der Waals surface area (Å²) >= 11 is 5.90. The molecule has 0 N–H and O–H groups in total. The van der Waals surface area contributed by atoms with Gasteiger partial charge in [0.05, 0.1) is 10.6 Å². The summed E-state index contributed by atoms with van der Waals surface area (Å²) in [5.74, 6) is -1.12. The molecule has 1 aromatic carbocycles. The summed E-state index contributed by atoms with van der Waals surface area (Å²) in [7, 11) is 0. The van der Waals surface area contributed by atoms with Crippen molar-refractivity contribution in [3.63, 3.8) is 0 Å². The van der Waals surface area contributed by atoms with Gasteiger partial charge in [0.1, 0.15) is 12.4 Å². The number of rotatable bonds is 3. The molecule has 1 saturated heterocycles. The van der Waals surface area contributed by atoms with E-state index in [0.717, 1.165) is 0 Å². The van der Waals surface area contributed by atoms with Gasteiger partial charge in [-0.3, -0.25) is 4.79 Å². The van der Waals surface area contributed by atoms with Gasteiger partial charge in [0.15, 0.2) is 0 Å². The van der Waals surface area contributed by atoms with Crippen LogP contribution in [0.5, 0.6) is 0 Å². The van der Waals surface area contributed by atoms with Crippen molar-refractivity contribution in [3.8, 4) is 0 Å². The Morgan fingerprint density at radius 3 is 2.50 bits per heavy atom. The molecule has 2 amide bonds. The van der Waals surface area contributed by atoms with Crippen molar-refractivity contribution < 1.29 is 18.7 Å². The van der Waals surface area contributed by atoms with Crippen LogP contribution in [0, 0.1) is 5.82 Å². The molecule has 1 aliphatic heterocycles. The summed E-state index contributed by atoms with van der Waals surface area (Å²) in [5.41, 5.74) is -0.133. The highest BCUT2D eigenvalue weighted by atomic mass is 35.5. The van der Waals surface area contributed by atoms with Crippen molar-refractivity contribution >= 4 is 23.6 Å². The Hall–Kier alpha value is -2.08. The van der Waals surface area contributed by atoms with Crippen molar-refractivity contribution in [2.45, 2.75) is 0 Å². The third-order valence-electron chi connectivity index (χ3n) is 3.33. The van der Waals surface area contributed by atoms with Gasteiger partial charge in [-0.1, -0.05) is 30.3 Å². The van der Waals surface area contributed by atoms with Gasteiger partial charge in [-0.25, -0.2) is 9.18 Å². The normalized spacial score (nSPS) is 14.6. The van der Waals surface area contributed by atoms with Gasteiger partial charge in [0.2, 0.25) is 0 Å². The molecular formula is C15H16ClFN2O3. The van der Waals surface area contributed by atoms with Crippen LogP contribution in [0.25, 0.3) is 0 Å². The lowest BCUT2D eigenvalue weighted by Crippen LogP contribution is -2.50. The fourth-order valence-electron chi connectivity index (χ4n) is 2.17. The molecule has 0 atom stereocenters. The second-order valence-corrected chi connectivity index (χ2v) is 5.15. The largest absolute Gasteiger partial charge is 0.445 e. The number of hydrogen-bond acceptors (Lipinski definition) is 3. The van der Waals surface area contributed by atoms with Crippen LogP contribution >= 0.6 is 11.6 Å². The van der Waals surface area contributed by atoms with Crippen LogP contribution in [-0.2, 0) is 4.74 Å². The number of nitrogens with zero attached hydrogens (tertiary/aromatic N) is 2. The molecule has 7 heteroatoms. The highest BCUT2D eigenvalue weighted by Crippen LogP contribution is 2.21. The molecule has 5 nitrogen and oxygen atoms in total. The maximum Gasteiger partial charge on any atom is 0.410 e. The van der Waals surface area contributed by atoms with E-state index in [1.807, 2.05) is 0 Å². The molecule has 0 bridgehead atoms. The zero-order chi connectivity index (χ0) is 16.1. The summed E-state index contributed by atoms with van der Waals surface area (Å²) in [6.07, 6.45) is 1.04. The van der Waals surface area contributed by atoms with Crippen LogP contribution in [0.15, 0.2) is 30.9 Å². The first-order chi connectivity index (χ1) is 10.5. The Kier molecular flexibility index (Phi) is 5.38. The van der Waals surface area contributed by atoms with Gasteiger partial charge < -0.3 is 14.5 Å². The lowest BCUT2D eigenvalue weighted by atomic mass is 10.1. The lowest BCUT2D eigenvalue weighted by molar-refractivity contribution is 0.0577. The fraction of sp³-hybridized carbons (Fsp3) is 0.333. The summed E-state index contributed by atoms with van der Waals surface area (Å²) in [5, 5.41) is 0.0813. The van der Waals surface area contributed by atoms with E-state index < -0.39 is 17.8 Å². The molecule has 1 heterocycles. The summed E-state index contributed by atoms with van der Waals surface area (Å²) in [6.45, 7) is 4.86. The third kappa shape index (κ3) is 3.57. The van der Waals surface area contributed by atoms with Crippen molar-refractivity contribution in [2.24, 2.45) is 0 Å². The second-order valence-electron chi connectivity index (χ2n) is 4.74. The molecule has 1 aliphatic rings. The van der Waals surface area contributed by atoms with Crippen LogP contribution < -0.4 is 0 Å². The smallest absolute Gasteiger partial charge is 0.410 e. The van der Waals surface area contributed by atoms with Gasteiger partial charge in [-0.2, -0.15) is 0 Å². The quantitative estimate of drug-likeness (QED) is 0.802. The summed E-state index contributed by atoms with van der Waals surface area (Å²) < 4.78 is 18.7.